The molecule has 0 aliphatic heterocycles. The smallest absolute Gasteiger partial charge is 0.323 e. The number of hydrogen-bond acceptors (Lipinski definition) is 2. The van der Waals surface area contributed by atoms with E-state index in [9.17, 15) is 13.2 Å². The molecule has 2 rings (SSSR count). The number of halogens is 3. The average molecular weight is 286 g/mol. The monoisotopic (exact) mass is 286 g/mol. The van der Waals surface area contributed by atoms with Crippen molar-refractivity contribution in [2.24, 2.45) is 11.7 Å². The lowest BCUT2D eigenvalue weighted by atomic mass is 9.85. The Bertz CT molecular complexity index is 424. The van der Waals surface area contributed by atoms with Crippen molar-refractivity contribution in [3.63, 3.8) is 0 Å². The van der Waals surface area contributed by atoms with Gasteiger partial charge in [0.05, 0.1) is 5.56 Å². The van der Waals surface area contributed by atoms with E-state index >= 15 is 0 Å². The van der Waals surface area contributed by atoms with E-state index in [-0.39, 0.29) is 6.04 Å². The molecule has 20 heavy (non-hydrogen) atoms. The number of hydrogen-bond donors (Lipinski definition) is 1. The Morgan fingerprint density at radius 2 is 1.85 bits per heavy atom. The van der Waals surface area contributed by atoms with E-state index in [1.54, 1.807) is 0 Å². The molecule has 2 nitrogen and oxygen atoms in total. The van der Waals surface area contributed by atoms with E-state index in [0.717, 1.165) is 30.2 Å². The third kappa shape index (κ3) is 3.96. The van der Waals surface area contributed by atoms with Crippen molar-refractivity contribution in [1.29, 1.82) is 0 Å². The summed E-state index contributed by atoms with van der Waals surface area (Å²) in [6, 6.07) is 4.90. The molecule has 0 bridgehead atoms. The van der Waals surface area contributed by atoms with Crippen molar-refractivity contribution in [2.75, 3.05) is 20.1 Å². The third-order valence-electron chi connectivity index (χ3n) is 3.97. The number of nitrogens with zero attached hydrogens (tertiary/aromatic N) is 1. The first-order valence-corrected chi connectivity index (χ1v) is 6.97. The summed E-state index contributed by atoms with van der Waals surface area (Å²) >= 11 is 0. The van der Waals surface area contributed by atoms with Crippen LogP contribution in [0.3, 0.4) is 0 Å². The van der Waals surface area contributed by atoms with Crippen molar-refractivity contribution in [1.82, 2.24) is 4.90 Å². The average Bonchev–Trinajstić information content (AvgIpc) is 2.33. The summed E-state index contributed by atoms with van der Waals surface area (Å²) in [7, 11) is 2.02. The molecular weight excluding hydrogens is 265 g/mol. The van der Waals surface area contributed by atoms with Gasteiger partial charge in [0.15, 0.2) is 0 Å². The standard InChI is InChI=1S/C15H21F3N2/c1-20(9-11-3-2-4-11)10-14(19)12-5-7-13(8-6-12)15(16,17)18/h5-8,11,14H,2-4,9-10,19H2,1H3. The van der Waals surface area contributed by atoms with Gasteiger partial charge in [-0.15, -0.1) is 0 Å². The lowest BCUT2D eigenvalue weighted by Gasteiger charge is -2.31. The summed E-state index contributed by atoms with van der Waals surface area (Å²) in [6.07, 6.45) is -0.424. The first-order chi connectivity index (χ1) is 9.36. The van der Waals surface area contributed by atoms with Crippen LogP contribution in [0.15, 0.2) is 24.3 Å². The quantitative estimate of drug-likeness (QED) is 0.898. The zero-order chi connectivity index (χ0) is 14.8. The van der Waals surface area contributed by atoms with Crippen molar-refractivity contribution >= 4 is 0 Å². The fourth-order valence-electron chi connectivity index (χ4n) is 2.55. The molecule has 1 aliphatic carbocycles. The molecule has 5 heteroatoms. The molecule has 2 N–H and O–H groups in total. The van der Waals surface area contributed by atoms with Gasteiger partial charge in [0, 0.05) is 19.1 Å². The van der Waals surface area contributed by atoms with Crippen LogP contribution in [0.25, 0.3) is 0 Å². The second kappa shape index (κ2) is 6.14. The van der Waals surface area contributed by atoms with E-state index < -0.39 is 11.7 Å². The van der Waals surface area contributed by atoms with Gasteiger partial charge in [-0.1, -0.05) is 18.6 Å². The van der Waals surface area contributed by atoms with Gasteiger partial charge in [0.1, 0.15) is 0 Å². The molecule has 0 heterocycles. The van der Waals surface area contributed by atoms with Crippen LogP contribution in [0.5, 0.6) is 0 Å². The normalized spacial score (nSPS) is 18.1. The predicted octanol–water partition coefficient (Wildman–Crippen LogP) is 3.44. The summed E-state index contributed by atoms with van der Waals surface area (Å²) < 4.78 is 37.4. The first kappa shape index (κ1) is 15.3. The van der Waals surface area contributed by atoms with Crippen molar-refractivity contribution < 1.29 is 13.2 Å². The number of nitrogens with two attached hydrogens (primary N) is 1. The largest absolute Gasteiger partial charge is 0.416 e. The highest BCUT2D eigenvalue weighted by molar-refractivity contribution is 5.26. The van der Waals surface area contributed by atoms with Gasteiger partial charge in [-0.2, -0.15) is 13.2 Å². The van der Waals surface area contributed by atoms with Crippen LogP contribution in [0.4, 0.5) is 13.2 Å². The molecular formula is C15H21F3N2. The van der Waals surface area contributed by atoms with Gasteiger partial charge < -0.3 is 10.6 Å². The van der Waals surface area contributed by atoms with Crippen LogP contribution in [0.2, 0.25) is 0 Å². The maximum atomic E-state index is 12.5. The van der Waals surface area contributed by atoms with Crippen LogP contribution < -0.4 is 5.73 Å². The zero-order valence-electron chi connectivity index (χ0n) is 11.7. The molecule has 0 aromatic heterocycles. The molecule has 1 aromatic rings. The molecule has 1 aromatic carbocycles. The Morgan fingerprint density at radius 1 is 1.25 bits per heavy atom. The van der Waals surface area contributed by atoms with Crippen molar-refractivity contribution in [3.05, 3.63) is 35.4 Å². The molecule has 1 fully saturated rings. The maximum absolute atomic E-state index is 12.5. The zero-order valence-corrected chi connectivity index (χ0v) is 11.7. The minimum Gasteiger partial charge on any atom is -0.323 e. The summed E-state index contributed by atoms with van der Waals surface area (Å²) in [5, 5.41) is 0. The lowest BCUT2D eigenvalue weighted by molar-refractivity contribution is -0.137. The Kier molecular flexibility index (Phi) is 4.70. The summed E-state index contributed by atoms with van der Waals surface area (Å²) in [4.78, 5) is 2.17. The van der Waals surface area contributed by atoms with Gasteiger partial charge in [-0.25, -0.2) is 0 Å². The number of likely N-dealkylation sites (N-methyl/N-ethyl adjacent to an activating group) is 1. The van der Waals surface area contributed by atoms with E-state index in [0.29, 0.717) is 6.54 Å². The van der Waals surface area contributed by atoms with Crippen LogP contribution >= 0.6 is 0 Å². The van der Waals surface area contributed by atoms with Gasteiger partial charge in [0.2, 0.25) is 0 Å². The fraction of sp³-hybridized carbons (Fsp3) is 0.600. The molecule has 1 unspecified atom stereocenters. The molecule has 1 atom stereocenters. The van der Waals surface area contributed by atoms with Crippen molar-refractivity contribution in [3.8, 4) is 0 Å². The number of benzene rings is 1. The highest BCUT2D eigenvalue weighted by Crippen LogP contribution is 2.30. The lowest BCUT2D eigenvalue weighted by Crippen LogP contribution is -2.34. The molecule has 1 aliphatic rings. The van der Waals surface area contributed by atoms with E-state index in [2.05, 4.69) is 4.90 Å². The van der Waals surface area contributed by atoms with Crippen LogP contribution in [0, 0.1) is 5.92 Å². The molecule has 0 amide bonds. The van der Waals surface area contributed by atoms with E-state index in [1.165, 1.54) is 31.4 Å². The Morgan fingerprint density at radius 3 is 2.30 bits per heavy atom. The highest BCUT2D eigenvalue weighted by atomic mass is 19.4. The number of rotatable bonds is 5. The minimum atomic E-state index is -4.29. The van der Waals surface area contributed by atoms with Crippen LogP contribution in [-0.2, 0) is 6.18 Å². The van der Waals surface area contributed by atoms with E-state index in [4.69, 9.17) is 5.73 Å². The Hall–Kier alpha value is -1.07. The second-order valence-corrected chi connectivity index (χ2v) is 5.74. The third-order valence-corrected chi connectivity index (χ3v) is 3.97. The molecule has 0 saturated heterocycles. The van der Waals surface area contributed by atoms with Gasteiger partial charge in [-0.3, -0.25) is 0 Å². The highest BCUT2D eigenvalue weighted by Gasteiger charge is 2.30. The molecule has 1 saturated carbocycles. The van der Waals surface area contributed by atoms with Gasteiger partial charge in [-0.05, 0) is 43.5 Å². The van der Waals surface area contributed by atoms with Crippen molar-refractivity contribution in [2.45, 2.75) is 31.5 Å². The minimum absolute atomic E-state index is 0.248. The molecule has 112 valence electrons. The van der Waals surface area contributed by atoms with Crippen LogP contribution in [-0.4, -0.2) is 25.0 Å². The maximum Gasteiger partial charge on any atom is 0.416 e. The summed E-state index contributed by atoms with van der Waals surface area (Å²) in [5.41, 5.74) is 6.19. The van der Waals surface area contributed by atoms with Crippen LogP contribution in [0.1, 0.15) is 36.4 Å². The SMILES string of the molecule is CN(CC1CCC1)CC(N)c1ccc(C(F)(F)F)cc1. The van der Waals surface area contributed by atoms with E-state index in [1.807, 2.05) is 7.05 Å². The second-order valence-electron chi connectivity index (χ2n) is 5.74. The Labute approximate surface area is 117 Å². The topological polar surface area (TPSA) is 29.3 Å². The first-order valence-electron chi connectivity index (χ1n) is 6.97. The van der Waals surface area contributed by atoms with Gasteiger partial charge in [0.25, 0.3) is 0 Å². The summed E-state index contributed by atoms with van der Waals surface area (Å²) in [6.45, 7) is 1.69. The Balaban J connectivity index is 1.89. The fourth-order valence-corrected chi connectivity index (χ4v) is 2.55. The van der Waals surface area contributed by atoms with Gasteiger partial charge >= 0.3 is 6.18 Å². The molecule has 0 radical (unpaired) electrons. The predicted molar refractivity (Wildman–Crippen MR) is 73.2 cm³/mol. The summed E-state index contributed by atoms with van der Waals surface area (Å²) in [5.74, 6) is 0.764. The number of alkyl halides is 3. The molecule has 0 spiro atoms.